The van der Waals surface area contributed by atoms with Crippen LogP contribution in [0.4, 0.5) is 0 Å². The highest BCUT2D eigenvalue weighted by atomic mass is 16.4. The van der Waals surface area contributed by atoms with Gasteiger partial charge in [0.1, 0.15) is 0 Å². The van der Waals surface area contributed by atoms with Crippen LogP contribution in [0, 0.1) is 11.3 Å². The van der Waals surface area contributed by atoms with Gasteiger partial charge in [-0.25, -0.2) is 4.79 Å². The number of carboxylic acids is 1. The molecule has 80 valence electrons. The van der Waals surface area contributed by atoms with Gasteiger partial charge in [-0.2, -0.15) is 5.26 Å². The molecule has 0 aliphatic heterocycles. The van der Waals surface area contributed by atoms with Crippen LogP contribution >= 0.6 is 0 Å². The monoisotopic (exact) mass is 213 g/mol. The number of carbonyl (C=O) groups is 1. The van der Waals surface area contributed by atoms with Crippen LogP contribution in [-0.2, 0) is 11.2 Å². The minimum Gasteiger partial charge on any atom is -0.478 e. The summed E-state index contributed by atoms with van der Waals surface area (Å²) in [6.07, 6.45) is 3.95. The van der Waals surface area contributed by atoms with Gasteiger partial charge in [0.15, 0.2) is 0 Å². The molecule has 3 nitrogen and oxygen atoms in total. The van der Waals surface area contributed by atoms with Crippen LogP contribution in [0.25, 0.3) is 5.57 Å². The standard InChI is InChI=1S/C13H11NO2/c14-8-9-4-5-10-2-1-3-11(7-13(15)16)12(10)6-9/h4-7H,1-3H2,(H,15,16)/b11-7+. The minimum absolute atomic E-state index is 0.580. The van der Waals surface area contributed by atoms with Gasteiger partial charge in [0.25, 0.3) is 0 Å². The molecule has 0 saturated heterocycles. The van der Waals surface area contributed by atoms with Crippen molar-refractivity contribution >= 4 is 11.5 Å². The summed E-state index contributed by atoms with van der Waals surface area (Å²) in [5, 5.41) is 17.6. The first-order chi connectivity index (χ1) is 7.70. The molecule has 2 rings (SSSR count). The number of aliphatic carboxylic acids is 1. The second-order valence-corrected chi connectivity index (χ2v) is 3.85. The third-order valence-electron chi connectivity index (χ3n) is 2.77. The van der Waals surface area contributed by atoms with Crippen LogP contribution in [0.15, 0.2) is 24.3 Å². The van der Waals surface area contributed by atoms with Crippen molar-refractivity contribution in [3.8, 4) is 6.07 Å². The molecule has 0 amide bonds. The fraction of sp³-hybridized carbons (Fsp3) is 0.231. The van der Waals surface area contributed by atoms with Crippen molar-refractivity contribution in [2.24, 2.45) is 0 Å². The van der Waals surface area contributed by atoms with E-state index in [-0.39, 0.29) is 0 Å². The molecule has 0 heterocycles. The Labute approximate surface area is 93.6 Å². The summed E-state index contributed by atoms with van der Waals surface area (Å²) < 4.78 is 0. The molecule has 0 spiro atoms. The number of allylic oxidation sites excluding steroid dienone is 1. The maximum atomic E-state index is 10.7. The highest BCUT2D eigenvalue weighted by molar-refractivity contribution is 5.91. The molecule has 0 aromatic heterocycles. The minimum atomic E-state index is -0.926. The number of nitrogens with zero attached hydrogens (tertiary/aromatic N) is 1. The van der Waals surface area contributed by atoms with Gasteiger partial charge >= 0.3 is 5.97 Å². The van der Waals surface area contributed by atoms with Gasteiger partial charge in [-0.1, -0.05) is 6.07 Å². The van der Waals surface area contributed by atoms with Crippen LogP contribution < -0.4 is 0 Å². The molecule has 0 saturated carbocycles. The van der Waals surface area contributed by atoms with Gasteiger partial charge in [-0.3, -0.25) is 0 Å². The average Bonchev–Trinajstić information content (AvgIpc) is 2.28. The Morgan fingerprint density at radius 2 is 2.25 bits per heavy atom. The topological polar surface area (TPSA) is 61.1 Å². The van der Waals surface area contributed by atoms with E-state index in [0.717, 1.165) is 36.0 Å². The van der Waals surface area contributed by atoms with Crippen LogP contribution in [0.1, 0.15) is 29.5 Å². The predicted molar refractivity (Wildman–Crippen MR) is 59.7 cm³/mol. The number of nitriles is 1. The molecule has 1 aliphatic carbocycles. The third kappa shape index (κ3) is 1.96. The Morgan fingerprint density at radius 3 is 2.94 bits per heavy atom. The second-order valence-electron chi connectivity index (χ2n) is 3.85. The summed E-state index contributed by atoms with van der Waals surface area (Å²) in [5.74, 6) is -0.926. The van der Waals surface area contributed by atoms with Crippen molar-refractivity contribution in [1.29, 1.82) is 5.26 Å². The van der Waals surface area contributed by atoms with Gasteiger partial charge in [0.2, 0.25) is 0 Å². The molecule has 1 aliphatic rings. The zero-order chi connectivity index (χ0) is 11.5. The molecular formula is C13H11NO2. The van der Waals surface area contributed by atoms with E-state index in [9.17, 15) is 4.79 Å². The predicted octanol–water partition coefficient (Wildman–Crippen LogP) is 2.36. The smallest absolute Gasteiger partial charge is 0.328 e. The first-order valence-electron chi connectivity index (χ1n) is 5.17. The number of benzene rings is 1. The van der Waals surface area contributed by atoms with Crippen molar-refractivity contribution in [1.82, 2.24) is 0 Å². The summed E-state index contributed by atoms with van der Waals surface area (Å²) in [6.45, 7) is 0. The van der Waals surface area contributed by atoms with Crippen molar-refractivity contribution in [2.45, 2.75) is 19.3 Å². The van der Waals surface area contributed by atoms with Gasteiger partial charge in [-0.05, 0) is 48.1 Å². The van der Waals surface area contributed by atoms with Gasteiger partial charge in [0.05, 0.1) is 11.6 Å². The normalized spacial score (nSPS) is 16.6. The average molecular weight is 213 g/mol. The summed E-state index contributed by atoms with van der Waals surface area (Å²) in [4.78, 5) is 10.7. The second kappa shape index (κ2) is 4.19. The molecule has 3 heteroatoms. The van der Waals surface area contributed by atoms with E-state index < -0.39 is 5.97 Å². The molecule has 16 heavy (non-hydrogen) atoms. The van der Waals surface area contributed by atoms with Crippen molar-refractivity contribution in [3.63, 3.8) is 0 Å². The Balaban J connectivity index is 2.52. The van der Waals surface area contributed by atoms with Crippen molar-refractivity contribution in [3.05, 3.63) is 41.0 Å². The largest absolute Gasteiger partial charge is 0.478 e. The molecule has 1 aromatic carbocycles. The summed E-state index contributed by atoms with van der Waals surface area (Å²) >= 11 is 0. The molecule has 1 N–H and O–H groups in total. The quantitative estimate of drug-likeness (QED) is 0.728. The molecule has 0 radical (unpaired) electrons. The molecule has 1 aromatic rings. The molecule has 0 unspecified atom stereocenters. The van der Waals surface area contributed by atoms with Crippen molar-refractivity contribution in [2.75, 3.05) is 0 Å². The van der Waals surface area contributed by atoms with E-state index in [4.69, 9.17) is 10.4 Å². The first-order valence-corrected chi connectivity index (χ1v) is 5.17. The lowest BCUT2D eigenvalue weighted by Gasteiger charge is -2.18. The zero-order valence-corrected chi connectivity index (χ0v) is 8.73. The fourth-order valence-electron chi connectivity index (χ4n) is 2.07. The number of fused-ring (bicyclic) bond motifs is 1. The number of rotatable bonds is 1. The maximum absolute atomic E-state index is 10.7. The van der Waals surface area contributed by atoms with Gasteiger partial charge < -0.3 is 5.11 Å². The van der Waals surface area contributed by atoms with Gasteiger partial charge in [0, 0.05) is 6.08 Å². The number of aryl methyl sites for hydroxylation is 1. The Morgan fingerprint density at radius 1 is 1.44 bits per heavy atom. The third-order valence-corrected chi connectivity index (χ3v) is 2.77. The lowest BCUT2D eigenvalue weighted by molar-refractivity contribution is -0.131. The van der Waals surface area contributed by atoms with Crippen LogP contribution in [0.5, 0.6) is 0 Å². The zero-order valence-electron chi connectivity index (χ0n) is 8.73. The van der Waals surface area contributed by atoms with E-state index in [1.807, 2.05) is 6.07 Å². The SMILES string of the molecule is N#Cc1ccc2c(c1)/C(=C/C(=O)O)CCC2. The number of hydrogen-bond donors (Lipinski definition) is 1. The van der Waals surface area contributed by atoms with Gasteiger partial charge in [-0.15, -0.1) is 0 Å². The fourth-order valence-corrected chi connectivity index (χ4v) is 2.07. The molecular weight excluding hydrogens is 202 g/mol. The summed E-state index contributed by atoms with van der Waals surface area (Å²) in [7, 11) is 0. The van der Waals surface area contributed by atoms with Crippen LogP contribution in [0.3, 0.4) is 0 Å². The van der Waals surface area contributed by atoms with E-state index in [1.165, 1.54) is 6.08 Å². The summed E-state index contributed by atoms with van der Waals surface area (Å²) in [6, 6.07) is 7.56. The Bertz CT molecular complexity index is 509. The molecule has 0 bridgehead atoms. The van der Waals surface area contributed by atoms with E-state index in [1.54, 1.807) is 12.1 Å². The van der Waals surface area contributed by atoms with E-state index in [0.29, 0.717) is 5.56 Å². The van der Waals surface area contributed by atoms with Crippen molar-refractivity contribution < 1.29 is 9.90 Å². The lowest BCUT2D eigenvalue weighted by atomic mass is 9.86. The maximum Gasteiger partial charge on any atom is 0.328 e. The Kier molecular flexibility index (Phi) is 2.74. The van der Waals surface area contributed by atoms with E-state index >= 15 is 0 Å². The molecule has 0 atom stereocenters. The van der Waals surface area contributed by atoms with Crippen LogP contribution in [-0.4, -0.2) is 11.1 Å². The van der Waals surface area contributed by atoms with Crippen LogP contribution in [0.2, 0.25) is 0 Å². The lowest BCUT2D eigenvalue weighted by Crippen LogP contribution is -2.04. The number of carboxylic acid groups (broad SMARTS) is 1. The first kappa shape index (κ1) is 10.4. The highest BCUT2D eigenvalue weighted by Crippen LogP contribution is 2.31. The number of hydrogen-bond acceptors (Lipinski definition) is 2. The Hall–Kier alpha value is -2.08. The molecule has 0 fully saturated rings. The summed E-state index contributed by atoms with van der Waals surface area (Å²) in [5.41, 5.74) is 3.47. The van der Waals surface area contributed by atoms with E-state index in [2.05, 4.69) is 6.07 Å². The highest BCUT2D eigenvalue weighted by Gasteiger charge is 2.15.